The van der Waals surface area contributed by atoms with Gasteiger partial charge in [-0.05, 0) is 25.7 Å². The molecule has 2 atom stereocenters. The molecular weight excluding hydrogens is 282 g/mol. The maximum Gasteiger partial charge on any atom is 0.417 e. The Hall–Kier alpha value is -1.36. The van der Waals surface area contributed by atoms with Crippen LogP contribution in [-0.4, -0.2) is 40.8 Å². The quantitative estimate of drug-likeness (QED) is 0.552. The third-order valence-electron chi connectivity index (χ3n) is 4.07. The summed E-state index contributed by atoms with van der Waals surface area (Å²) in [5.74, 6) is -0.162. The number of amides is 2. The summed E-state index contributed by atoms with van der Waals surface area (Å²) in [7, 11) is 0. The molecule has 0 aromatic carbocycles. The first-order valence-electron chi connectivity index (χ1n) is 8.23. The van der Waals surface area contributed by atoms with E-state index in [1.54, 1.807) is 13.0 Å². The number of nitrogens with zero attached hydrogens (tertiary/aromatic N) is 1. The summed E-state index contributed by atoms with van der Waals surface area (Å²) in [6.07, 6.45) is 5.12. The highest BCUT2D eigenvalue weighted by molar-refractivity contribution is 6.03. The smallest absolute Gasteiger partial charge is 0.417 e. The van der Waals surface area contributed by atoms with E-state index in [1.807, 2.05) is 13.8 Å². The SMILES string of the molecule is CCCCC[C@@H](O)C/C=C(\C)C(=O)N1C(=O)OC[C@@H]1C(C)C. The molecule has 5 heteroatoms. The molecule has 1 saturated heterocycles. The molecule has 1 heterocycles. The van der Waals surface area contributed by atoms with E-state index in [4.69, 9.17) is 4.74 Å². The van der Waals surface area contributed by atoms with Crippen molar-refractivity contribution in [2.75, 3.05) is 6.61 Å². The van der Waals surface area contributed by atoms with Gasteiger partial charge in [-0.2, -0.15) is 0 Å². The molecule has 0 aliphatic carbocycles. The van der Waals surface area contributed by atoms with Crippen molar-refractivity contribution in [3.05, 3.63) is 11.6 Å². The average molecular weight is 311 g/mol. The number of rotatable bonds is 8. The molecule has 1 rings (SSSR count). The van der Waals surface area contributed by atoms with E-state index in [0.29, 0.717) is 12.0 Å². The van der Waals surface area contributed by atoms with Gasteiger partial charge in [0.05, 0.1) is 12.1 Å². The largest absolute Gasteiger partial charge is 0.447 e. The summed E-state index contributed by atoms with van der Waals surface area (Å²) in [6.45, 7) is 7.99. The Kier molecular flexibility index (Phi) is 7.59. The summed E-state index contributed by atoms with van der Waals surface area (Å²) in [5.41, 5.74) is 0.485. The van der Waals surface area contributed by atoms with Gasteiger partial charge in [0, 0.05) is 5.57 Å². The molecule has 126 valence electrons. The van der Waals surface area contributed by atoms with E-state index in [9.17, 15) is 14.7 Å². The van der Waals surface area contributed by atoms with Crippen LogP contribution in [0.2, 0.25) is 0 Å². The second kappa shape index (κ2) is 8.93. The Morgan fingerprint density at radius 1 is 1.45 bits per heavy atom. The summed E-state index contributed by atoms with van der Waals surface area (Å²) >= 11 is 0. The van der Waals surface area contributed by atoms with E-state index >= 15 is 0 Å². The number of imide groups is 1. The van der Waals surface area contributed by atoms with Crippen molar-refractivity contribution in [3.8, 4) is 0 Å². The number of hydrogen-bond donors (Lipinski definition) is 1. The van der Waals surface area contributed by atoms with Gasteiger partial charge in [0.1, 0.15) is 6.61 Å². The molecule has 0 saturated carbocycles. The zero-order chi connectivity index (χ0) is 16.7. The van der Waals surface area contributed by atoms with Crippen LogP contribution in [-0.2, 0) is 9.53 Å². The van der Waals surface area contributed by atoms with Crippen LogP contribution in [0.1, 0.15) is 59.8 Å². The highest BCUT2D eigenvalue weighted by Crippen LogP contribution is 2.22. The van der Waals surface area contributed by atoms with Gasteiger partial charge in [0.25, 0.3) is 5.91 Å². The van der Waals surface area contributed by atoms with Crippen LogP contribution in [0.25, 0.3) is 0 Å². The van der Waals surface area contributed by atoms with Crippen molar-refractivity contribution < 1.29 is 19.4 Å². The Bertz CT molecular complexity index is 417. The number of cyclic esters (lactones) is 1. The Labute approximate surface area is 133 Å². The van der Waals surface area contributed by atoms with Gasteiger partial charge in [-0.1, -0.05) is 46.1 Å². The first-order valence-corrected chi connectivity index (χ1v) is 8.23. The second-order valence-corrected chi connectivity index (χ2v) is 6.34. The van der Waals surface area contributed by atoms with Gasteiger partial charge in [-0.25, -0.2) is 9.69 Å². The van der Waals surface area contributed by atoms with Crippen molar-refractivity contribution >= 4 is 12.0 Å². The van der Waals surface area contributed by atoms with Crippen LogP contribution in [0.3, 0.4) is 0 Å². The second-order valence-electron chi connectivity index (χ2n) is 6.34. The third-order valence-corrected chi connectivity index (χ3v) is 4.07. The van der Waals surface area contributed by atoms with Crippen molar-refractivity contribution in [3.63, 3.8) is 0 Å². The fraction of sp³-hybridized carbons (Fsp3) is 0.765. The predicted molar refractivity (Wildman–Crippen MR) is 85.3 cm³/mol. The van der Waals surface area contributed by atoms with Crippen LogP contribution >= 0.6 is 0 Å². The fourth-order valence-electron chi connectivity index (χ4n) is 2.50. The number of carbonyl (C=O) groups is 2. The zero-order valence-electron chi connectivity index (χ0n) is 14.2. The van der Waals surface area contributed by atoms with Crippen LogP contribution in [0.4, 0.5) is 4.79 Å². The lowest BCUT2D eigenvalue weighted by atomic mass is 10.0. The van der Waals surface area contributed by atoms with E-state index in [2.05, 4.69) is 6.92 Å². The van der Waals surface area contributed by atoms with Crippen molar-refractivity contribution in [1.29, 1.82) is 0 Å². The van der Waals surface area contributed by atoms with Gasteiger partial charge in [-0.15, -0.1) is 0 Å². The van der Waals surface area contributed by atoms with Crippen molar-refractivity contribution in [2.45, 2.75) is 71.9 Å². The Balaban J connectivity index is 2.59. The minimum absolute atomic E-state index is 0.155. The molecule has 1 N–H and O–H groups in total. The average Bonchev–Trinajstić information content (AvgIpc) is 2.86. The van der Waals surface area contributed by atoms with Crippen molar-refractivity contribution in [1.82, 2.24) is 4.90 Å². The fourth-order valence-corrected chi connectivity index (χ4v) is 2.50. The van der Waals surface area contributed by atoms with Crippen LogP contribution in [0.5, 0.6) is 0 Å². The summed E-state index contributed by atoms with van der Waals surface area (Å²) in [6, 6.07) is -0.210. The number of aliphatic hydroxyl groups excluding tert-OH is 1. The first-order chi connectivity index (χ1) is 10.4. The Morgan fingerprint density at radius 3 is 2.73 bits per heavy atom. The molecule has 0 aromatic rings. The first kappa shape index (κ1) is 18.7. The molecule has 1 aliphatic rings. The minimum atomic E-state index is -0.569. The molecule has 1 aliphatic heterocycles. The van der Waals surface area contributed by atoms with Gasteiger partial charge in [0.2, 0.25) is 0 Å². The number of aliphatic hydroxyl groups is 1. The van der Waals surface area contributed by atoms with Crippen LogP contribution in [0.15, 0.2) is 11.6 Å². The molecule has 0 unspecified atom stereocenters. The Morgan fingerprint density at radius 2 is 2.14 bits per heavy atom. The normalized spacial score (nSPS) is 20.5. The molecule has 0 aromatic heterocycles. The molecule has 1 fully saturated rings. The number of ether oxygens (including phenoxy) is 1. The third kappa shape index (κ3) is 5.13. The number of carbonyl (C=O) groups excluding carboxylic acids is 2. The summed E-state index contributed by atoms with van der Waals surface area (Å²) in [4.78, 5) is 25.4. The molecule has 2 amide bonds. The number of hydrogen-bond acceptors (Lipinski definition) is 4. The van der Waals surface area contributed by atoms with E-state index in [-0.39, 0.29) is 24.5 Å². The van der Waals surface area contributed by atoms with Gasteiger partial charge < -0.3 is 9.84 Å². The predicted octanol–water partition coefficient (Wildman–Crippen LogP) is 3.27. The molecule has 0 radical (unpaired) electrons. The molecular formula is C17H29NO4. The molecule has 5 nitrogen and oxygen atoms in total. The standard InChI is InChI=1S/C17H29NO4/c1-5-6-7-8-14(19)10-9-13(4)16(20)18-15(12(2)3)11-22-17(18)21/h9,12,14-15,19H,5-8,10-11H2,1-4H3/b13-9+/t14-,15-/m1/s1. The molecule has 0 spiro atoms. The van der Waals surface area contributed by atoms with E-state index in [1.165, 1.54) is 4.90 Å². The topological polar surface area (TPSA) is 66.8 Å². The van der Waals surface area contributed by atoms with Crippen LogP contribution < -0.4 is 0 Å². The molecule has 22 heavy (non-hydrogen) atoms. The lowest BCUT2D eigenvalue weighted by Gasteiger charge is -2.22. The number of unbranched alkanes of at least 4 members (excludes halogenated alkanes) is 2. The minimum Gasteiger partial charge on any atom is -0.447 e. The summed E-state index contributed by atoms with van der Waals surface area (Å²) < 4.78 is 4.99. The lowest BCUT2D eigenvalue weighted by Crippen LogP contribution is -2.42. The summed E-state index contributed by atoms with van der Waals surface area (Å²) in [5, 5.41) is 9.90. The monoisotopic (exact) mass is 311 g/mol. The maximum absolute atomic E-state index is 12.4. The van der Waals surface area contributed by atoms with Gasteiger partial charge >= 0.3 is 6.09 Å². The lowest BCUT2D eigenvalue weighted by molar-refractivity contribution is -0.125. The van der Waals surface area contributed by atoms with Gasteiger partial charge in [0.15, 0.2) is 0 Å². The zero-order valence-corrected chi connectivity index (χ0v) is 14.2. The molecule has 0 bridgehead atoms. The van der Waals surface area contributed by atoms with Crippen LogP contribution in [0, 0.1) is 5.92 Å². The maximum atomic E-state index is 12.4. The highest BCUT2D eigenvalue weighted by Gasteiger charge is 2.39. The highest BCUT2D eigenvalue weighted by atomic mass is 16.6. The van der Waals surface area contributed by atoms with Gasteiger partial charge in [-0.3, -0.25) is 4.79 Å². The van der Waals surface area contributed by atoms with Crippen molar-refractivity contribution in [2.24, 2.45) is 5.92 Å². The van der Waals surface area contributed by atoms with E-state index in [0.717, 1.165) is 25.7 Å². The van der Waals surface area contributed by atoms with E-state index < -0.39 is 12.2 Å².